The monoisotopic (exact) mass is 314 g/mol. The van der Waals surface area contributed by atoms with Crippen molar-refractivity contribution in [1.82, 2.24) is 10.2 Å². The second-order valence-corrected chi connectivity index (χ2v) is 5.41. The van der Waals surface area contributed by atoms with Crippen LogP contribution < -0.4 is 0 Å². The van der Waals surface area contributed by atoms with Crippen molar-refractivity contribution in [2.45, 2.75) is 6.42 Å². The van der Waals surface area contributed by atoms with Crippen molar-refractivity contribution in [3.05, 3.63) is 46.4 Å². The van der Waals surface area contributed by atoms with Gasteiger partial charge in [-0.3, -0.25) is 5.10 Å². The summed E-state index contributed by atoms with van der Waals surface area (Å²) >= 11 is 3.42. The molecule has 2 heterocycles. The summed E-state index contributed by atoms with van der Waals surface area (Å²) in [6.45, 7) is 0.679. The van der Waals surface area contributed by atoms with Gasteiger partial charge in [-0.15, -0.1) is 0 Å². The van der Waals surface area contributed by atoms with Gasteiger partial charge in [-0.2, -0.15) is 5.10 Å². The molecule has 0 atom stereocenters. The average Bonchev–Trinajstić information content (AvgIpc) is 2.73. The smallest absolute Gasteiger partial charge is 0.164 e. The van der Waals surface area contributed by atoms with E-state index in [4.69, 9.17) is 4.74 Å². The van der Waals surface area contributed by atoms with Gasteiger partial charge in [0.25, 0.3) is 0 Å². The molecule has 19 heavy (non-hydrogen) atoms. The molecule has 0 bridgehead atoms. The molecule has 94 valence electrons. The number of H-pyrrole nitrogens is 1. The van der Waals surface area contributed by atoms with Gasteiger partial charge in [0.15, 0.2) is 4.67 Å². The zero-order chi connectivity index (χ0) is 12.8. The predicted molar refractivity (Wildman–Crippen MR) is 79.3 cm³/mol. The Morgan fingerprint density at radius 1 is 1.21 bits per heavy atom. The summed E-state index contributed by atoms with van der Waals surface area (Å²) in [5, 5.41) is 9.94. The molecule has 1 aromatic rings. The van der Waals surface area contributed by atoms with E-state index in [0.717, 1.165) is 16.8 Å². The first-order chi connectivity index (χ1) is 9.34. The number of nitrogens with zero attached hydrogens (tertiary/aromatic N) is 1. The molecular weight excluding hydrogens is 304 g/mol. The number of halogens is 1. The maximum absolute atomic E-state index is 5.61. The van der Waals surface area contributed by atoms with E-state index in [-0.39, 0.29) is 0 Å². The highest BCUT2D eigenvalue weighted by Crippen LogP contribution is 2.41. The largest absolute Gasteiger partial charge is 0.486 e. The van der Waals surface area contributed by atoms with Gasteiger partial charge >= 0.3 is 0 Å². The third-order valence-corrected chi connectivity index (χ3v) is 4.06. The highest BCUT2D eigenvalue weighted by atomic mass is 79.9. The zero-order valence-electron chi connectivity index (χ0n) is 10.1. The first-order valence-corrected chi connectivity index (χ1v) is 7.01. The van der Waals surface area contributed by atoms with E-state index in [9.17, 15) is 0 Å². The van der Waals surface area contributed by atoms with Crippen LogP contribution in [0.3, 0.4) is 0 Å². The van der Waals surface area contributed by atoms with E-state index in [1.54, 1.807) is 0 Å². The van der Waals surface area contributed by atoms with E-state index >= 15 is 0 Å². The molecule has 0 amide bonds. The highest BCUT2D eigenvalue weighted by Gasteiger charge is 2.22. The maximum Gasteiger partial charge on any atom is 0.164 e. The molecule has 2 aliphatic heterocycles. The third-order valence-electron chi connectivity index (χ3n) is 3.61. The minimum absolute atomic E-state index is 0.679. The van der Waals surface area contributed by atoms with Crippen LogP contribution in [0.4, 0.5) is 0 Å². The number of aromatic amines is 1. The summed E-state index contributed by atoms with van der Waals surface area (Å²) in [4.78, 5) is 0. The van der Waals surface area contributed by atoms with E-state index in [0.29, 0.717) is 6.61 Å². The molecule has 0 spiro atoms. The Labute approximate surface area is 118 Å². The van der Waals surface area contributed by atoms with Crippen LogP contribution in [0.5, 0.6) is 0 Å². The number of aromatic nitrogens is 2. The van der Waals surface area contributed by atoms with Gasteiger partial charge in [-0.1, -0.05) is 24.3 Å². The second kappa shape index (κ2) is 4.10. The lowest BCUT2D eigenvalue weighted by Gasteiger charge is -2.12. The Morgan fingerprint density at radius 2 is 2.05 bits per heavy atom. The molecular formula is C15H11BrN2O. The molecule has 3 nitrogen and oxygen atoms in total. The van der Waals surface area contributed by atoms with Gasteiger partial charge in [0.2, 0.25) is 0 Å². The van der Waals surface area contributed by atoms with Crippen LogP contribution in [0.1, 0.15) is 11.3 Å². The van der Waals surface area contributed by atoms with Crippen molar-refractivity contribution < 1.29 is 4.74 Å². The van der Waals surface area contributed by atoms with Crippen molar-refractivity contribution in [2.24, 2.45) is 0 Å². The summed E-state index contributed by atoms with van der Waals surface area (Å²) < 4.78 is 6.35. The van der Waals surface area contributed by atoms with Crippen LogP contribution in [0.2, 0.25) is 0 Å². The van der Waals surface area contributed by atoms with E-state index in [2.05, 4.69) is 50.4 Å². The Bertz CT molecular complexity index is 775. The molecule has 4 rings (SSSR count). The summed E-state index contributed by atoms with van der Waals surface area (Å²) in [6.07, 6.45) is 4.81. The normalized spacial score (nSPS) is 17.6. The van der Waals surface area contributed by atoms with Crippen LogP contribution in [0, 0.1) is 0 Å². The van der Waals surface area contributed by atoms with Gasteiger partial charge in [0.05, 0.1) is 12.3 Å². The van der Waals surface area contributed by atoms with Gasteiger partial charge < -0.3 is 4.74 Å². The standard InChI is InChI=1S/C15H11BrN2O/c16-14-7-13-15-11(5-6-19-14)9-3-1-2-4-10(9)12(15)8-17-18-13/h1-4,7-8,17H,5-6H2/b14-7-. The molecule has 0 saturated carbocycles. The molecule has 0 radical (unpaired) electrons. The van der Waals surface area contributed by atoms with Gasteiger partial charge in [-0.25, -0.2) is 0 Å². The first-order valence-electron chi connectivity index (χ1n) is 6.21. The SMILES string of the molecule is Br/C1=C/c2n[nH]cc3c4ccccc4c(c2-3)CCO1. The van der Waals surface area contributed by atoms with Crippen molar-refractivity contribution in [3.63, 3.8) is 0 Å². The summed E-state index contributed by atoms with van der Waals surface area (Å²) in [5.41, 5.74) is 4.72. The van der Waals surface area contributed by atoms with Crippen molar-refractivity contribution >= 4 is 32.8 Å². The lowest BCUT2D eigenvalue weighted by molar-refractivity contribution is 0.247. The van der Waals surface area contributed by atoms with E-state index in [1.807, 2.05) is 12.3 Å². The summed E-state index contributed by atoms with van der Waals surface area (Å²) in [5.74, 6) is 0. The molecule has 1 aliphatic carbocycles. The maximum atomic E-state index is 5.61. The van der Waals surface area contributed by atoms with Crippen LogP contribution in [0.15, 0.2) is 35.1 Å². The lowest BCUT2D eigenvalue weighted by Crippen LogP contribution is -2.02. The topological polar surface area (TPSA) is 37.9 Å². The van der Waals surface area contributed by atoms with E-state index in [1.165, 1.54) is 27.5 Å². The minimum atomic E-state index is 0.679. The van der Waals surface area contributed by atoms with Crippen molar-refractivity contribution in [2.75, 3.05) is 6.61 Å². The number of hydrogen-bond acceptors (Lipinski definition) is 2. The zero-order valence-corrected chi connectivity index (χ0v) is 11.7. The Kier molecular flexibility index (Phi) is 2.38. The Hall–Kier alpha value is -1.81. The fourth-order valence-corrected chi connectivity index (χ4v) is 3.22. The van der Waals surface area contributed by atoms with Crippen LogP contribution in [-0.2, 0) is 11.2 Å². The fraction of sp³-hybridized carbons (Fsp3) is 0.133. The molecule has 1 N–H and O–H groups in total. The average molecular weight is 315 g/mol. The Morgan fingerprint density at radius 3 is 2.95 bits per heavy atom. The Balaban J connectivity index is 2.18. The number of nitrogens with one attached hydrogen (secondary N) is 1. The molecule has 4 heteroatoms. The highest BCUT2D eigenvalue weighted by molar-refractivity contribution is 9.11. The van der Waals surface area contributed by atoms with Crippen molar-refractivity contribution in [3.8, 4) is 11.1 Å². The number of fused-ring (bicyclic) bond motifs is 3. The third kappa shape index (κ3) is 1.60. The number of benzene rings is 1. The predicted octanol–water partition coefficient (Wildman–Crippen LogP) is 3.93. The van der Waals surface area contributed by atoms with Crippen molar-refractivity contribution in [1.29, 1.82) is 0 Å². The van der Waals surface area contributed by atoms with E-state index < -0.39 is 0 Å². The minimum Gasteiger partial charge on any atom is -0.486 e. The number of rotatable bonds is 0. The van der Waals surface area contributed by atoms with Crippen LogP contribution >= 0.6 is 15.9 Å². The molecule has 3 aliphatic rings. The molecule has 0 unspecified atom stereocenters. The second-order valence-electron chi connectivity index (χ2n) is 4.63. The lowest BCUT2D eigenvalue weighted by atomic mass is 10.0. The van der Waals surface area contributed by atoms with Gasteiger partial charge in [0.1, 0.15) is 0 Å². The molecule has 1 aromatic carbocycles. The summed E-state index contributed by atoms with van der Waals surface area (Å²) in [6, 6.07) is 8.50. The fourth-order valence-electron chi connectivity index (χ4n) is 2.84. The van der Waals surface area contributed by atoms with Crippen LogP contribution in [-0.4, -0.2) is 16.8 Å². The molecule has 0 fully saturated rings. The van der Waals surface area contributed by atoms with Gasteiger partial charge in [-0.05, 0) is 32.3 Å². The first kappa shape index (κ1) is 11.1. The quantitative estimate of drug-likeness (QED) is 0.682. The molecule has 0 aromatic heterocycles. The summed E-state index contributed by atoms with van der Waals surface area (Å²) in [7, 11) is 0. The number of ether oxygens (including phenoxy) is 1. The van der Waals surface area contributed by atoms with Crippen LogP contribution in [0.25, 0.3) is 28.0 Å². The van der Waals surface area contributed by atoms with Gasteiger partial charge in [0, 0.05) is 29.8 Å². The molecule has 0 saturated heterocycles. The number of hydrogen-bond donors (Lipinski definition) is 1.